The van der Waals surface area contributed by atoms with Crippen LogP contribution in [0, 0.1) is 21.4 Å². The summed E-state index contributed by atoms with van der Waals surface area (Å²) in [5.41, 5.74) is -1.36. The number of carbonyl (C=O) groups is 1. The summed E-state index contributed by atoms with van der Waals surface area (Å²) in [6.45, 7) is -3.32. The van der Waals surface area contributed by atoms with Crippen molar-refractivity contribution in [3.63, 3.8) is 0 Å². The minimum atomic E-state index is -3.32. The van der Waals surface area contributed by atoms with Gasteiger partial charge in [-0.3, -0.25) is 10.1 Å². The number of rotatable bonds is 5. The van der Waals surface area contributed by atoms with Gasteiger partial charge in [0.2, 0.25) is 5.75 Å². The Bertz CT molecular complexity index is 622. The zero-order valence-electron chi connectivity index (χ0n) is 9.62. The fourth-order valence-electron chi connectivity index (χ4n) is 1.36. The largest absolute Gasteiger partial charge is 0.478 e. The van der Waals surface area contributed by atoms with Gasteiger partial charge in [-0.15, -0.1) is 0 Å². The lowest BCUT2D eigenvalue weighted by Gasteiger charge is -2.07. The Balaban J connectivity index is 3.50. The van der Waals surface area contributed by atoms with Gasteiger partial charge in [0, 0.05) is 12.1 Å². The first-order valence-electron chi connectivity index (χ1n) is 4.93. The molecule has 9 heteroatoms. The van der Waals surface area contributed by atoms with Crippen molar-refractivity contribution < 1.29 is 28.3 Å². The van der Waals surface area contributed by atoms with Crippen molar-refractivity contribution >= 4 is 17.7 Å². The second-order valence-electron chi connectivity index (χ2n) is 3.33. The molecule has 0 fully saturated rings. The molecular formula is C11H6F2N2O5. The summed E-state index contributed by atoms with van der Waals surface area (Å²) in [5.74, 6) is -2.20. The summed E-state index contributed by atoms with van der Waals surface area (Å²) in [5, 5.41) is 28.1. The number of ether oxygens (including phenoxy) is 1. The topological polar surface area (TPSA) is 113 Å². The lowest BCUT2D eigenvalue weighted by molar-refractivity contribution is -0.386. The zero-order valence-corrected chi connectivity index (χ0v) is 9.62. The number of benzene rings is 1. The number of nitriles is 1. The molecule has 0 spiro atoms. The highest BCUT2D eigenvalue weighted by Crippen LogP contribution is 2.34. The van der Waals surface area contributed by atoms with Crippen LogP contribution < -0.4 is 4.74 Å². The molecule has 0 bridgehead atoms. The Morgan fingerprint density at radius 1 is 1.55 bits per heavy atom. The second kappa shape index (κ2) is 6.24. The lowest BCUT2D eigenvalue weighted by atomic mass is 10.1. The molecule has 0 unspecified atom stereocenters. The van der Waals surface area contributed by atoms with Gasteiger partial charge in [0.1, 0.15) is 0 Å². The maximum absolute atomic E-state index is 12.2. The fraction of sp³-hybridized carbons (Fsp3) is 0.0909. The predicted molar refractivity (Wildman–Crippen MR) is 61.1 cm³/mol. The molecule has 20 heavy (non-hydrogen) atoms. The van der Waals surface area contributed by atoms with Crippen LogP contribution in [0.2, 0.25) is 0 Å². The van der Waals surface area contributed by atoms with Gasteiger partial charge in [-0.2, -0.15) is 14.0 Å². The lowest BCUT2D eigenvalue weighted by Crippen LogP contribution is -2.06. The van der Waals surface area contributed by atoms with Crippen LogP contribution in [-0.2, 0) is 4.79 Å². The third-order valence-electron chi connectivity index (χ3n) is 2.04. The molecule has 0 atom stereocenters. The van der Waals surface area contributed by atoms with Gasteiger partial charge in [0.25, 0.3) is 0 Å². The molecule has 1 N–H and O–H groups in total. The number of hydrogen-bond donors (Lipinski definition) is 1. The van der Waals surface area contributed by atoms with E-state index in [1.807, 2.05) is 0 Å². The van der Waals surface area contributed by atoms with Crippen molar-refractivity contribution in [3.8, 4) is 11.8 Å². The van der Waals surface area contributed by atoms with E-state index >= 15 is 0 Å². The summed E-state index contributed by atoms with van der Waals surface area (Å²) in [6.07, 6.45) is 1.40. The van der Waals surface area contributed by atoms with E-state index < -0.39 is 28.9 Å². The van der Waals surface area contributed by atoms with E-state index in [4.69, 9.17) is 10.4 Å². The molecule has 7 nitrogen and oxygen atoms in total. The average Bonchev–Trinajstić information content (AvgIpc) is 2.34. The smallest absolute Gasteiger partial charge is 0.387 e. The molecule has 1 aromatic rings. The molecular weight excluding hydrogens is 278 g/mol. The van der Waals surface area contributed by atoms with E-state index in [9.17, 15) is 23.7 Å². The first-order chi connectivity index (χ1) is 9.35. The monoisotopic (exact) mass is 284 g/mol. The number of nitrogens with zero attached hydrogens (tertiary/aromatic N) is 2. The number of carboxylic acid groups (broad SMARTS) is 1. The number of nitro groups is 1. The highest BCUT2D eigenvalue weighted by Gasteiger charge is 2.24. The van der Waals surface area contributed by atoms with Gasteiger partial charge in [-0.05, 0) is 12.1 Å². The van der Waals surface area contributed by atoms with Crippen molar-refractivity contribution in [1.29, 1.82) is 5.26 Å². The van der Waals surface area contributed by atoms with Crippen molar-refractivity contribution in [2.45, 2.75) is 6.61 Å². The van der Waals surface area contributed by atoms with E-state index in [1.165, 1.54) is 0 Å². The Hall–Kier alpha value is -3.02. The van der Waals surface area contributed by atoms with E-state index in [0.717, 1.165) is 18.2 Å². The second-order valence-corrected chi connectivity index (χ2v) is 3.33. The van der Waals surface area contributed by atoms with Crippen molar-refractivity contribution in [3.05, 3.63) is 39.4 Å². The maximum atomic E-state index is 12.2. The number of halogens is 2. The van der Waals surface area contributed by atoms with Crippen LogP contribution in [-0.4, -0.2) is 22.6 Å². The van der Waals surface area contributed by atoms with Crippen LogP contribution in [0.4, 0.5) is 14.5 Å². The first-order valence-corrected chi connectivity index (χ1v) is 4.93. The Morgan fingerprint density at radius 2 is 2.20 bits per heavy atom. The minimum Gasteiger partial charge on any atom is -0.478 e. The summed E-state index contributed by atoms with van der Waals surface area (Å²) in [4.78, 5) is 20.3. The maximum Gasteiger partial charge on any atom is 0.387 e. The molecule has 0 saturated heterocycles. The van der Waals surface area contributed by atoms with E-state index in [0.29, 0.717) is 6.08 Å². The number of alkyl halides is 2. The molecule has 1 aromatic carbocycles. The number of carboxylic acids is 1. The van der Waals surface area contributed by atoms with Gasteiger partial charge < -0.3 is 9.84 Å². The first kappa shape index (κ1) is 15.0. The molecule has 0 saturated carbocycles. The van der Waals surface area contributed by atoms with E-state index in [2.05, 4.69) is 4.74 Å². The third kappa shape index (κ3) is 3.74. The van der Waals surface area contributed by atoms with Gasteiger partial charge >= 0.3 is 18.3 Å². The summed E-state index contributed by atoms with van der Waals surface area (Å²) in [6, 6.07) is 3.38. The van der Waals surface area contributed by atoms with Crippen LogP contribution in [0.1, 0.15) is 11.1 Å². The third-order valence-corrected chi connectivity index (χ3v) is 2.04. The summed E-state index contributed by atoms with van der Waals surface area (Å²) < 4.78 is 28.4. The SMILES string of the molecule is N#Cc1cc(/C=C/C(=O)O)c([N+](=O)[O-])c(OC(F)F)c1. The van der Waals surface area contributed by atoms with Gasteiger partial charge in [-0.25, -0.2) is 4.79 Å². The van der Waals surface area contributed by atoms with Crippen LogP contribution in [0.3, 0.4) is 0 Å². The van der Waals surface area contributed by atoms with Crippen LogP contribution >= 0.6 is 0 Å². The average molecular weight is 284 g/mol. The number of hydrogen-bond acceptors (Lipinski definition) is 5. The Kier molecular flexibility index (Phi) is 4.69. The van der Waals surface area contributed by atoms with E-state index in [1.54, 1.807) is 6.07 Å². The van der Waals surface area contributed by atoms with Crippen LogP contribution in [0.25, 0.3) is 6.08 Å². The summed E-state index contributed by atoms with van der Waals surface area (Å²) >= 11 is 0. The van der Waals surface area contributed by atoms with Gasteiger partial charge in [0.05, 0.1) is 22.1 Å². The van der Waals surface area contributed by atoms with Crippen molar-refractivity contribution in [1.82, 2.24) is 0 Å². The molecule has 0 aromatic heterocycles. The van der Waals surface area contributed by atoms with Gasteiger partial charge in [0.15, 0.2) is 0 Å². The minimum absolute atomic E-state index is 0.184. The molecule has 104 valence electrons. The van der Waals surface area contributed by atoms with Crippen molar-refractivity contribution in [2.24, 2.45) is 0 Å². The zero-order chi connectivity index (χ0) is 15.3. The molecule has 0 radical (unpaired) electrons. The Morgan fingerprint density at radius 3 is 2.65 bits per heavy atom. The summed E-state index contributed by atoms with van der Waals surface area (Å²) in [7, 11) is 0. The highest BCUT2D eigenvalue weighted by atomic mass is 19.3. The molecule has 0 amide bonds. The highest BCUT2D eigenvalue weighted by molar-refractivity contribution is 5.87. The van der Waals surface area contributed by atoms with Crippen LogP contribution in [0.5, 0.6) is 5.75 Å². The van der Waals surface area contributed by atoms with E-state index in [-0.39, 0.29) is 11.1 Å². The molecule has 1 rings (SSSR count). The number of aliphatic carboxylic acids is 1. The molecule has 0 aliphatic heterocycles. The Labute approximate surface area is 110 Å². The van der Waals surface area contributed by atoms with Crippen LogP contribution in [0.15, 0.2) is 18.2 Å². The van der Waals surface area contributed by atoms with Crippen molar-refractivity contribution in [2.75, 3.05) is 0 Å². The molecule has 0 aliphatic carbocycles. The molecule has 0 heterocycles. The van der Waals surface area contributed by atoms with Gasteiger partial charge in [-0.1, -0.05) is 0 Å². The number of nitro benzene ring substituents is 1. The quantitative estimate of drug-likeness (QED) is 0.503. The normalized spacial score (nSPS) is 10.5. The standard InChI is InChI=1S/C11H6F2N2O5/c12-11(13)20-8-4-6(5-14)3-7(1-2-9(16)17)10(8)15(18)19/h1-4,11H,(H,16,17)/b2-1+. The molecule has 0 aliphatic rings. The predicted octanol–water partition coefficient (Wildman–Crippen LogP) is 2.17. The fourth-order valence-corrected chi connectivity index (χ4v) is 1.36.